The molecule has 0 saturated carbocycles. The number of nitrogens with zero attached hydrogens (tertiary/aromatic N) is 2. The molecule has 1 unspecified atom stereocenters. The summed E-state index contributed by atoms with van der Waals surface area (Å²) < 4.78 is 30.7. The first-order valence-corrected chi connectivity index (χ1v) is 11.2. The van der Waals surface area contributed by atoms with Gasteiger partial charge in [0.05, 0.1) is 30.0 Å². The van der Waals surface area contributed by atoms with Crippen LogP contribution in [-0.2, 0) is 21.2 Å². The molecule has 9 nitrogen and oxygen atoms in total. The van der Waals surface area contributed by atoms with E-state index in [1.54, 1.807) is 7.11 Å². The first-order valence-electron chi connectivity index (χ1n) is 9.37. The Labute approximate surface area is 174 Å². The largest absolute Gasteiger partial charge is 0.497 e. The van der Waals surface area contributed by atoms with Crippen LogP contribution in [0.25, 0.3) is 0 Å². The van der Waals surface area contributed by atoms with Crippen LogP contribution in [0.4, 0.5) is 11.4 Å². The van der Waals surface area contributed by atoms with Gasteiger partial charge in [0.1, 0.15) is 12.3 Å². The molecule has 1 atom stereocenters. The van der Waals surface area contributed by atoms with Crippen molar-refractivity contribution < 1.29 is 22.9 Å². The zero-order valence-corrected chi connectivity index (χ0v) is 17.5. The number of nitro groups is 1. The Bertz CT molecular complexity index is 1070. The molecule has 0 heterocycles. The Balaban J connectivity index is 1.80. The van der Waals surface area contributed by atoms with Crippen LogP contribution in [0.15, 0.2) is 42.5 Å². The van der Waals surface area contributed by atoms with E-state index >= 15 is 0 Å². The van der Waals surface area contributed by atoms with Gasteiger partial charge in [-0.15, -0.1) is 0 Å². The summed E-state index contributed by atoms with van der Waals surface area (Å²) in [4.78, 5) is 23.1. The number of rotatable bonds is 7. The van der Waals surface area contributed by atoms with Gasteiger partial charge < -0.3 is 10.1 Å². The molecule has 0 aliphatic heterocycles. The quantitative estimate of drug-likeness (QED) is 0.529. The predicted molar refractivity (Wildman–Crippen MR) is 112 cm³/mol. The summed E-state index contributed by atoms with van der Waals surface area (Å²) in [5.41, 5.74) is 1.88. The average Bonchev–Trinajstić information content (AvgIpc) is 2.71. The van der Waals surface area contributed by atoms with Gasteiger partial charge in [-0.3, -0.25) is 19.2 Å². The van der Waals surface area contributed by atoms with Crippen LogP contribution in [0.1, 0.15) is 30.0 Å². The molecule has 0 radical (unpaired) electrons. The number of anilines is 1. The Morgan fingerprint density at radius 1 is 1.30 bits per heavy atom. The molecule has 0 fully saturated rings. The van der Waals surface area contributed by atoms with Gasteiger partial charge in [0, 0.05) is 12.1 Å². The number of hydrogen-bond donors (Lipinski definition) is 1. The van der Waals surface area contributed by atoms with E-state index in [4.69, 9.17) is 4.74 Å². The average molecular weight is 433 g/mol. The molecule has 30 heavy (non-hydrogen) atoms. The molecule has 2 aromatic carbocycles. The van der Waals surface area contributed by atoms with Crippen LogP contribution in [0.3, 0.4) is 0 Å². The smallest absolute Gasteiger partial charge is 0.271 e. The third kappa shape index (κ3) is 4.88. The second-order valence-electron chi connectivity index (χ2n) is 7.12. The number of aryl methyl sites for hydroxylation is 1. The van der Waals surface area contributed by atoms with Crippen molar-refractivity contribution in [3.05, 3.63) is 63.7 Å². The zero-order chi connectivity index (χ0) is 21.9. The summed E-state index contributed by atoms with van der Waals surface area (Å²) in [7, 11) is -2.24. The van der Waals surface area contributed by atoms with E-state index in [2.05, 4.69) is 5.32 Å². The van der Waals surface area contributed by atoms with Crippen LogP contribution in [0.2, 0.25) is 0 Å². The number of ether oxygens (including phenoxy) is 1. The molecule has 1 aliphatic carbocycles. The summed E-state index contributed by atoms with van der Waals surface area (Å²) in [5.74, 6) is 0.259. The van der Waals surface area contributed by atoms with Crippen molar-refractivity contribution in [2.75, 3.05) is 24.2 Å². The fraction of sp³-hybridized carbons (Fsp3) is 0.350. The molecule has 1 aliphatic rings. The molecule has 0 bridgehead atoms. The van der Waals surface area contributed by atoms with E-state index in [9.17, 15) is 23.3 Å². The van der Waals surface area contributed by atoms with Gasteiger partial charge in [-0.2, -0.15) is 0 Å². The number of fused-ring (bicyclic) bond motifs is 1. The highest BCUT2D eigenvalue weighted by molar-refractivity contribution is 7.92. The van der Waals surface area contributed by atoms with Crippen LogP contribution >= 0.6 is 0 Å². The van der Waals surface area contributed by atoms with Crippen molar-refractivity contribution in [2.45, 2.75) is 25.3 Å². The maximum atomic E-state index is 12.7. The number of non-ortho nitro benzene ring substituents is 1. The van der Waals surface area contributed by atoms with Gasteiger partial charge in [-0.05, 0) is 48.6 Å². The normalized spacial score (nSPS) is 15.7. The molecule has 0 aromatic heterocycles. The predicted octanol–water partition coefficient (Wildman–Crippen LogP) is 2.56. The van der Waals surface area contributed by atoms with Crippen LogP contribution < -0.4 is 14.4 Å². The molecule has 160 valence electrons. The fourth-order valence-electron chi connectivity index (χ4n) is 3.60. The number of nitro benzene ring substituents is 1. The minimum atomic E-state index is -3.83. The van der Waals surface area contributed by atoms with Crippen molar-refractivity contribution >= 4 is 27.3 Å². The summed E-state index contributed by atoms with van der Waals surface area (Å²) in [5, 5.41) is 13.9. The summed E-state index contributed by atoms with van der Waals surface area (Å²) in [6.07, 6.45) is 3.45. The van der Waals surface area contributed by atoms with E-state index in [0.717, 1.165) is 52.8 Å². The second-order valence-corrected chi connectivity index (χ2v) is 9.03. The summed E-state index contributed by atoms with van der Waals surface area (Å²) >= 11 is 0. The molecule has 10 heteroatoms. The Morgan fingerprint density at radius 2 is 2.07 bits per heavy atom. The maximum absolute atomic E-state index is 12.7. The minimum absolute atomic E-state index is 0.0654. The number of carbonyl (C=O) groups excluding carboxylic acids is 1. The number of carbonyl (C=O) groups is 1. The molecule has 0 spiro atoms. The van der Waals surface area contributed by atoms with Gasteiger partial charge in [0.2, 0.25) is 15.9 Å². The number of sulfonamides is 1. The maximum Gasteiger partial charge on any atom is 0.271 e. The number of hydrogen-bond acceptors (Lipinski definition) is 6. The Hall–Kier alpha value is -3.14. The fourth-order valence-corrected chi connectivity index (χ4v) is 4.45. The lowest BCUT2D eigenvalue weighted by Gasteiger charge is -2.28. The summed E-state index contributed by atoms with van der Waals surface area (Å²) in [6.45, 7) is -0.470. The first kappa shape index (κ1) is 21.6. The van der Waals surface area contributed by atoms with E-state index in [-0.39, 0.29) is 17.4 Å². The number of nitrogens with one attached hydrogen (secondary N) is 1. The Morgan fingerprint density at radius 3 is 2.73 bits per heavy atom. The molecular formula is C20H23N3O6S. The number of methoxy groups -OCH3 is 1. The van der Waals surface area contributed by atoms with Crippen molar-refractivity contribution in [1.29, 1.82) is 0 Å². The van der Waals surface area contributed by atoms with Crippen molar-refractivity contribution in [3.63, 3.8) is 0 Å². The lowest BCUT2D eigenvalue weighted by atomic mass is 9.87. The van der Waals surface area contributed by atoms with Gasteiger partial charge >= 0.3 is 0 Å². The summed E-state index contributed by atoms with van der Waals surface area (Å²) in [6, 6.07) is 10.6. The van der Waals surface area contributed by atoms with Crippen molar-refractivity contribution in [1.82, 2.24) is 5.32 Å². The third-order valence-corrected chi connectivity index (χ3v) is 6.16. The van der Waals surface area contributed by atoms with Crippen LogP contribution in [0, 0.1) is 10.1 Å². The molecule has 2 aromatic rings. The topological polar surface area (TPSA) is 119 Å². The highest BCUT2D eigenvalue weighted by Crippen LogP contribution is 2.32. The Kier molecular flexibility index (Phi) is 6.25. The molecule has 0 saturated heterocycles. The van der Waals surface area contributed by atoms with Gasteiger partial charge in [-0.1, -0.05) is 12.1 Å². The lowest BCUT2D eigenvalue weighted by Crippen LogP contribution is -2.42. The minimum Gasteiger partial charge on any atom is -0.497 e. The van der Waals surface area contributed by atoms with Crippen LogP contribution in [0.5, 0.6) is 5.75 Å². The second kappa shape index (κ2) is 8.70. The monoisotopic (exact) mass is 433 g/mol. The van der Waals surface area contributed by atoms with E-state index < -0.39 is 27.4 Å². The molecule has 3 rings (SSSR count). The van der Waals surface area contributed by atoms with Gasteiger partial charge in [0.25, 0.3) is 5.69 Å². The number of amides is 1. The van der Waals surface area contributed by atoms with E-state index in [0.29, 0.717) is 0 Å². The van der Waals surface area contributed by atoms with Gasteiger partial charge in [0.15, 0.2) is 0 Å². The van der Waals surface area contributed by atoms with Gasteiger partial charge in [-0.25, -0.2) is 8.42 Å². The van der Waals surface area contributed by atoms with E-state index in [1.807, 2.05) is 18.2 Å². The van der Waals surface area contributed by atoms with E-state index in [1.165, 1.54) is 18.2 Å². The zero-order valence-electron chi connectivity index (χ0n) is 16.7. The molecule has 1 N–H and O–H groups in total. The third-order valence-electron chi connectivity index (χ3n) is 5.02. The van der Waals surface area contributed by atoms with Crippen LogP contribution in [-0.4, -0.2) is 39.2 Å². The molecule has 1 amide bonds. The van der Waals surface area contributed by atoms with Crippen molar-refractivity contribution in [2.24, 2.45) is 0 Å². The SMILES string of the molecule is COc1ccc2c(c1)CCCC2NC(=O)CN(c1cccc([N+](=O)[O-])c1)S(C)(=O)=O. The lowest BCUT2D eigenvalue weighted by molar-refractivity contribution is -0.384. The highest BCUT2D eigenvalue weighted by Gasteiger charge is 2.26. The standard InChI is InChI=1S/C20H23N3O6S/c1-29-17-9-10-18-14(11-17)5-3-8-19(18)21-20(24)13-22(30(2,27)28)15-6-4-7-16(12-15)23(25)26/h4,6-7,9-12,19H,3,5,8,13H2,1-2H3,(H,21,24). The highest BCUT2D eigenvalue weighted by atomic mass is 32.2. The molecular weight excluding hydrogens is 410 g/mol. The first-order chi connectivity index (χ1) is 14.2. The van der Waals surface area contributed by atoms with Crippen molar-refractivity contribution in [3.8, 4) is 5.75 Å². The number of benzene rings is 2.